The largest absolute Gasteiger partial charge is 0.490 e. The molecule has 188 valence electrons. The molecule has 1 atom stereocenters. The van der Waals surface area contributed by atoms with E-state index in [9.17, 15) is 13.2 Å². The van der Waals surface area contributed by atoms with Crippen LogP contribution in [0.2, 0.25) is 0 Å². The highest BCUT2D eigenvalue weighted by Crippen LogP contribution is 2.34. The SMILES string of the molecule is CCOc1cccc2cc(-c3csc(NC(=O)c4ccc(S(=O)(=O)N5CCCCC5C)cc4)n3)oc12. The maximum atomic E-state index is 13.0. The summed E-state index contributed by atoms with van der Waals surface area (Å²) in [4.78, 5) is 17.5. The first-order valence-electron chi connectivity index (χ1n) is 11.9. The summed E-state index contributed by atoms with van der Waals surface area (Å²) >= 11 is 1.28. The molecule has 10 heteroatoms. The van der Waals surface area contributed by atoms with Gasteiger partial charge in [0, 0.05) is 28.9 Å². The van der Waals surface area contributed by atoms with Crippen molar-refractivity contribution in [3.05, 3.63) is 59.5 Å². The van der Waals surface area contributed by atoms with Gasteiger partial charge in [-0.05, 0) is 63.1 Å². The normalized spacial score (nSPS) is 16.8. The number of thiazole rings is 1. The third kappa shape index (κ3) is 4.76. The molecule has 1 amide bonds. The summed E-state index contributed by atoms with van der Waals surface area (Å²) in [5.41, 5.74) is 1.61. The van der Waals surface area contributed by atoms with Crippen molar-refractivity contribution in [2.45, 2.75) is 44.0 Å². The molecule has 4 aromatic rings. The molecule has 36 heavy (non-hydrogen) atoms. The van der Waals surface area contributed by atoms with Crippen LogP contribution in [0.4, 0.5) is 5.13 Å². The van der Waals surface area contributed by atoms with Gasteiger partial charge in [0.05, 0.1) is 11.5 Å². The van der Waals surface area contributed by atoms with Gasteiger partial charge in [0.2, 0.25) is 10.0 Å². The van der Waals surface area contributed by atoms with Crippen LogP contribution in [0.25, 0.3) is 22.4 Å². The smallest absolute Gasteiger partial charge is 0.257 e. The van der Waals surface area contributed by atoms with Gasteiger partial charge in [-0.25, -0.2) is 13.4 Å². The monoisotopic (exact) mass is 525 g/mol. The van der Waals surface area contributed by atoms with Crippen LogP contribution in [-0.2, 0) is 10.0 Å². The third-order valence-corrected chi connectivity index (χ3v) is 9.04. The minimum absolute atomic E-state index is 0.0247. The molecule has 1 aliphatic heterocycles. The van der Waals surface area contributed by atoms with Crippen LogP contribution in [0, 0.1) is 0 Å². The Morgan fingerprint density at radius 3 is 2.78 bits per heavy atom. The number of fused-ring (bicyclic) bond motifs is 1. The fraction of sp³-hybridized carbons (Fsp3) is 0.308. The Hall–Kier alpha value is -3.21. The van der Waals surface area contributed by atoms with Crippen LogP contribution in [0.5, 0.6) is 5.75 Å². The second-order valence-corrected chi connectivity index (χ2v) is 11.4. The molecule has 1 saturated heterocycles. The molecule has 8 nitrogen and oxygen atoms in total. The van der Waals surface area contributed by atoms with Gasteiger partial charge in [-0.1, -0.05) is 18.6 Å². The number of benzene rings is 2. The molecule has 5 rings (SSSR count). The summed E-state index contributed by atoms with van der Waals surface area (Å²) in [6.45, 7) is 4.91. The fourth-order valence-electron chi connectivity index (χ4n) is 4.39. The lowest BCUT2D eigenvalue weighted by Gasteiger charge is -2.32. The number of hydrogen-bond donors (Lipinski definition) is 1. The van der Waals surface area contributed by atoms with Crippen molar-refractivity contribution in [1.82, 2.24) is 9.29 Å². The van der Waals surface area contributed by atoms with Gasteiger partial charge in [0.25, 0.3) is 5.91 Å². The first-order chi connectivity index (χ1) is 17.4. The Bertz CT molecular complexity index is 1490. The van der Waals surface area contributed by atoms with E-state index in [1.807, 2.05) is 43.5 Å². The van der Waals surface area contributed by atoms with Gasteiger partial charge in [-0.2, -0.15) is 4.31 Å². The number of sulfonamides is 1. The number of nitrogens with one attached hydrogen (secondary N) is 1. The van der Waals surface area contributed by atoms with E-state index in [-0.39, 0.29) is 16.8 Å². The van der Waals surface area contributed by atoms with Crippen molar-refractivity contribution in [1.29, 1.82) is 0 Å². The number of carbonyl (C=O) groups excluding carboxylic acids is 1. The molecule has 1 N–H and O–H groups in total. The van der Waals surface area contributed by atoms with Gasteiger partial charge >= 0.3 is 0 Å². The second-order valence-electron chi connectivity index (χ2n) is 8.70. The molecule has 0 aliphatic carbocycles. The quantitative estimate of drug-likeness (QED) is 0.329. The highest BCUT2D eigenvalue weighted by atomic mass is 32.2. The Labute approximate surface area is 214 Å². The van der Waals surface area contributed by atoms with Crippen LogP contribution in [0.3, 0.4) is 0 Å². The molecule has 3 heterocycles. The lowest BCUT2D eigenvalue weighted by Crippen LogP contribution is -2.41. The molecule has 2 aromatic heterocycles. The second kappa shape index (κ2) is 10.0. The summed E-state index contributed by atoms with van der Waals surface area (Å²) < 4.78 is 39.2. The topological polar surface area (TPSA) is 102 Å². The number of carbonyl (C=O) groups is 1. The number of amides is 1. The highest BCUT2D eigenvalue weighted by Gasteiger charge is 2.31. The Kier molecular flexibility index (Phi) is 6.83. The summed E-state index contributed by atoms with van der Waals surface area (Å²) in [6.07, 6.45) is 2.76. The Morgan fingerprint density at radius 2 is 2.03 bits per heavy atom. The zero-order valence-electron chi connectivity index (χ0n) is 20.1. The minimum Gasteiger partial charge on any atom is -0.490 e. The van der Waals surface area contributed by atoms with Gasteiger partial charge < -0.3 is 9.15 Å². The van der Waals surface area contributed by atoms with E-state index in [4.69, 9.17) is 9.15 Å². The number of para-hydroxylation sites is 1. The molecule has 1 fully saturated rings. The molecule has 0 radical (unpaired) electrons. The number of furan rings is 1. The van der Waals surface area contributed by atoms with E-state index >= 15 is 0 Å². The van der Waals surface area contributed by atoms with E-state index in [1.54, 1.807) is 4.31 Å². The van der Waals surface area contributed by atoms with Crippen LogP contribution in [0.15, 0.2) is 63.2 Å². The summed E-state index contributed by atoms with van der Waals surface area (Å²) in [6, 6.07) is 13.6. The lowest BCUT2D eigenvalue weighted by atomic mass is 10.1. The van der Waals surface area contributed by atoms with Crippen LogP contribution in [-0.4, -0.2) is 42.8 Å². The van der Waals surface area contributed by atoms with Crippen molar-refractivity contribution in [3.8, 4) is 17.2 Å². The van der Waals surface area contributed by atoms with E-state index in [0.29, 0.717) is 46.6 Å². The standard InChI is InChI=1S/C26H27N3O5S2/c1-3-33-22-9-6-8-19-15-23(34-24(19)22)21-16-35-26(27-21)28-25(30)18-10-12-20(13-11-18)36(31,32)29-14-5-4-7-17(29)2/h6,8-13,15-17H,3-5,7,14H2,1-2H3,(H,27,28,30). The van der Waals surface area contributed by atoms with Gasteiger partial charge in [0.1, 0.15) is 5.69 Å². The van der Waals surface area contributed by atoms with Crippen molar-refractivity contribution in [3.63, 3.8) is 0 Å². The summed E-state index contributed by atoms with van der Waals surface area (Å²) in [7, 11) is -3.59. The van der Waals surface area contributed by atoms with Crippen molar-refractivity contribution in [2.75, 3.05) is 18.5 Å². The zero-order chi connectivity index (χ0) is 25.3. The van der Waals surface area contributed by atoms with E-state index in [2.05, 4.69) is 10.3 Å². The van der Waals surface area contributed by atoms with Crippen LogP contribution in [0.1, 0.15) is 43.5 Å². The number of piperidine rings is 1. The molecule has 0 bridgehead atoms. The molecular weight excluding hydrogens is 498 g/mol. The number of hydrogen-bond acceptors (Lipinski definition) is 7. The summed E-state index contributed by atoms with van der Waals surface area (Å²) in [5, 5.41) is 5.92. The van der Waals surface area contributed by atoms with E-state index in [1.165, 1.54) is 35.6 Å². The first kappa shape index (κ1) is 24.5. The lowest BCUT2D eigenvalue weighted by molar-refractivity contribution is 0.102. The molecule has 0 saturated carbocycles. The fourth-order valence-corrected chi connectivity index (χ4v) is 6.78. The zero-order valence-corrected chi connectivity index (χ0v) is 21.7. The van der Waals surface area contributed by atoms with Crippen molar-refractivity contribution in [2.24, 2.45) is 0 Å². The maximum absolute atomic E-state index is 13.0. The van der Waals surface area contributed by atoms with Crippen LogP contribution < -0.4 is 10.1 Å². The number of ether oxygens (including phenoxy) is 1. The molecule has 2 aromatic carbocycles. The Morgan fingerprint density at radius 1 is 1.22 bits per heavy atom. The van der Waals surface area contributed by atoms with Gasteiger partial charge in [0.15, 0.2) is 22.2 Å². The maximum Gasteiger partial charge on any atom is 0.257 e. The number of aromatic nitrogens is 1. The van der Waals surface area contributed by atoms with E-state index in [0.717, 1.165) is 24.6 Å². The Balaban J connectivity index is 1.30. The van der Waals surface area contributed by atoms with E-state index < -0.39 is 10.0 Å². The number of nitrogens with zero attached hydrogens (tertiary/aromatic N) is 2. The minimum atomic E-state index is -3.59. The number of rotatable bonds is 7. The van der Waals surface area contributed by atoms with Gasteiger partial charge in [-0.15, -0.1) is 11.3 Å². The van der Waals surface area contributed by atoms with Crippen LogP contribution >= 0.6 is 11.3 Å². The average Bonchev–Trinajstić information content (AvgIpc) is 3.52. The highest BCUT2D eigenvalue weighted by molar-refractivity contribution is 7.89. The molecular formula is C26H27N3O5S2. The average molecular weight is 526 g/mol. The molecule has 1 aliphatic rings. The summed E-state index contributed by atoms with van der Waals surface area (Å²) in [5.74, 6) is 0.884. The predicted octanol–water partition coefficient (Wildman–Crippen LogP) is 5.77. The van der Waals surface area contributed by atoms with Crippen molar-refractivity contribution < 1.29 is 22.4 Å². The number of anilines is 1. The van der Waals surface area contributed by atoms with Gasteiger partial charge in [-0.3, -0.25) is 10.1 Å². The molecule has 1 unspecified atom stereocenters. The molecule has 0 spiro atoms. The predicted molar refractivity (Wildman–Crippen MR) is 140 cm³/mol. The van der Waals surface area contributed by atoms with Crippen molar-refractivity contribution >= 4 is 43.4 Å². The first-order valence-corrected chi connectivity index (χ1v) is 14.2. The third-order valence-electron chi connectivity index (χ3n) is 6.25.